The van der Waals surface area contributed by atoms with E-state index in [4.69, 9.17) is 0 Å². The SMILES string of the molecule is CC(C)c1cc(C(=O)N2CCC[C@@H]2CO)nn1C(C)(C)C. The lowest BCUT2D eigenvalue weighted by atomic mass is 10.1. The summed E-state index contributed by atoms with van der Waals surface area (Å²) in [6.07, 6.45) is 1.83. The summed E-state index contributed by atoms with van der Waals surface area (Å²) in [6.45, 7) is 11.2. The van der Waals surface area contributed by atoms with Crippen LogP contribution in [0.2, 0.25) is 0 Å². The number of likely N-dealkylation sites (tertiary alicyclic amines) is 1. The Balaban J connectivity index is 2.34. The Morgan fingerprint density at radius 2 is 2.14 bits per heavy atom. The third kappa shape index (κ3) is 3.12. The fourth-order valence-corrected chi connectivity index (χ4v) is 2.89. The second kappa shape index (κ2) is 5.79. The van der Waals surface area contributed by atoms with Gasteiger partial charge < -0.3 is 10.0 Å². The van der Waals surface area contributed by atoms with Crippen LogP contribution in [0.15, 0.2) is 6.07 Å². The Bertz CT molecular complexity index is 514. The minimum Gasteiger partial charge on any atom is -0.394 e. The van der Waals surface area contributed by atoms with Crippen LogP contribution in [0.25, 0.3) is 0 Å². The summed E-state index contributed by atoms with van der Waals surface area (Å²) < 4.78 is 1.95. The highest BCUT2D eigenvalue weighted by Gasteiger charge is 2.32. The van der Waals surface area contributed by atoms with Gasteiger partial charge in [-0.3, -0.25) is 9.48 Å². The van der Waals surface area contributed by atoms with E-state index in [1.807, 2.05) is 10.7 Å². The summed E-state index contributed by atoms with van der Waals surface area (Å²) in [7, 11) is 0. The number of rotatable bonds is 3. The summed E-state index contributed by atoms with van der Waals surface area (Å²) in [5.74, 6) is 0.252. The number of carbonyl (C=O) groups excluding carboxylic acids is 1. The van der Waals surface area contributed by atoms with E-state index in [2.05, 4.69) is 39.7 Å². The number of carbonyl (C=O) groups is 1. The van der Waals surface area contributed by atoms with Crippen LogP contribution in [0, 0.1) is 0 Å². The number of nitrogens with zero attached hydrogens (tertiary/aromatic N) is 3. The van der Waals surface area contributed by atoms with Gasteiger partial charge in [-0.05, 0) is 45.6 Å². The van der Waals surface area contributed by atoms with Crippen LogP contribution in [0.3, 0.4) is 0 Å². The largest absolute Gasteiger partial charge is 0.394 e. The molecule has 2 rings (SSSR count). The third-order valence-corrected chi connectivity index (χ3v) is 4.03. The van der Waals surface area contributed by atoms with Gasteiger partial charge in [0.05, 0.1) is 18.2 Å². The molecule has 5 nitrogen and oxygen atoms in total. The van der Waals surface area contributed by atoms with Crippen molar-refractivity contribution in [3.8, 4) is 0 Å². The Hall–Kier alpha value is -1.36. The molecule has 0 radical (unpaired) electrons. The highest BCUT2D eigenvalue weighted by atomic mass is 16.3. The number of hydrogen-bond donors (Lipinski definition) is 1. The number of amides is 1. The number of aromatic nitrogens is 2. The lowest BCUT2D eigenvalue weighted by Gasteiger charge is -2.24. The molecule has 1 aliphatic rings. The molecule has 1 fully saturated rings. The van der Waals surface area contributed by atoms with Gasteiger partial charge in [0.15, 0.2) is 5.69 Å². The maximum atomic E-state index is 12.7. The smallest absolute Gasteiger partial charge is 0.274 e. The predicted octanol–water partition coefficient (Wildman–Crippen LogP) is 2.36. The average molecular weight is 293 g/mol. The monoisotopic (exact) mass is 293 g/mol. The van der Waals surface area contributed by atoms with Crippen molar-refractivity contribution in [2.24, 2.45) is 0 Å². The molecule has 0 unspecified atom stereocenters. The first kappa shape index (κ1) is 16.0. The zero-order valence-electron chi connectivity index (χ0n) is 13.8. The molecule has 0 saturated carbocycles. The molecule has 118 valence electrons. The predicted molar refractivity (Wildman–Crippen MR) is 82.5 cm³/mol. The van der Waals surface area contributed by atoms with E-state index in [1.54, 1.807) is 4.90 Å². The van der Waals surface area contributed by atoms with Crippen molar-refractivity contribution < 1.29 is 9.90 Å². The van der Waals surface area contributed by atoms with Gasteiger partial charge in [-0.25, -0.2) is 0 Å². The number of hydrogen-bond acceptors (Lipinski definition) is 3. The molecular weight excluding hydrogens is 266 g/mol. The lowest BCUT2D eigenvalue weighted by molar-refractivity contribution is 0.0670. The molecule has 0 aliphatic carbocycles. The number of aliphatic hydroxyl groups is 1. The van der Waals surface area contributed by atoms with Crippen LogP contribution in [-0.2, 0) is 5.54 Å². The van der Waals surface area contributed by atoms with Crippen LogP contribution in [-0.4, -0.2) is 44.9 Å². The zero-order valence-corrected chi connectivity index (χ0v) is 13.8. The molecule has 0 bridgehead atoms. The Labute approximate surface area is 126 Å². The molecule has 1 aromatic rings. The maximum Gasteiger partial charge on any atom is 0.274 e. The van der Waals surface area contributed by atoms with E-state index in [9.17, 15) is 9.90 Å². The molecule has 5 heteroatoms. The third-order valence-electron chi connectivity index (χ3n) is 4.03. The number of aliphatic hydroxyl groups excluding tert-OH is 1. The van der Waals surface area contributed by atoms with E-state index >= 15 is 0 Å². The van der Waals surface area contributed by atoms with Gasteiger partial charge in [0.1, 0.15) is 0 Å². The highest BCUT2D eigenvalue weighted by Crippen LogP contribution is 2.25. The van der Waals surface area contributed by atoms with Crippen molar-refractivity contribution >= 4 is 5.91 Å². The van der Waals surface area contributed by atoms with Gasteiger partial charge in [-0.1, -0.05) is 13.8 Å². The van der Waals surface area contributed by atoms with Crippen LogP contribution in [0.1, 0.15) is 69.6 Å². The van der Waals surface area contributed by atoms with E-state index < -0.39 is 0 Å². The Kier molecular flexibility index (Phi) is 4.42. The first-order valence-electron chi connectivity index (χ1n) is 7.78. The van der Waals surface area contributed by atoms with Crippen molar-refractivity contribution in [2.45, 2.75) is 65.0 Å². The summed E-state index contributed by atoms with van der Waals surface area (Å²) in [5, 5.41) is 13.9. The zero-order chi connectivity index (χ0) is 15.8. The summed E-state index contributed by atoms with van der Waals surface area (Å²) in [5.41, 5.74) is 1.42. The molecule has 1 amide bonds. The fraction of sp³-hybridized carbons (Fsp3) is 0.750. The summed E-state index contributed by atoms with van der Waals surface area (Å²) in [4.78, 5) is 14.4. The molecule has 1 aliphatic heterocycles. The van der Waals surface area contributed by atoms with Crippen LogP contribution in [0.4, 0.5) is 0 Å². The van der Waals surface area contributed by atoms with Crippen molar-refractivity contribution in [1.29, 1.82) is 0 Å². The maximum absolute atomic E-state index is 12.7. The fourth-order valence-electron chi connectivity index (χ4n) is 2.89. The summed E-state index contributed by atoms with van der Waals surface area (Å²) >= 11 is 0. The second-order valence-corrected chi connectivity index (χ2v) is 7.17. The quantitative estimate of drug-likeness (QED) is 0.930. The van der Waals surface area contributed by atoms with Crippen LogP contribution >= 0.6 is 0 Å². The van der Waals surface area contributed by atoms with Crippen LogP contribution < -0.4 is 0 Å². The van der Waals surface area contributed by atoms with Crippen LogP contribution in [0.5, 0.6) is 0 Å². The van der Waals surface area contributed by atoms with Crippen molar-refractivity contribution in [3.05, 3.63) is 17.5 Å². The molecule has 21 heavy (non-hydrogen) atoms. The average Bonchev–Trinajstić information content (AvgIpc) is 3.03. The highest BCUT2D eigenvalue weighted by molar-refractivity contribution is 5.92. The normalized spacial score (nSPS) is 19.6. The minimum atomic E-state index is -0.153. The molecule has 1 atom stereocenters. The van der Waals surface area contributed by atoms with Crippen molar-refractivity contribution in [2.75, 3.05) is 13.2 Å². The molecule has 0 aromatic carbocycles. The van der Waals surface area contributed by atoms with E-state index in [-0.39, 0.29) is 24.1 Å². The van der Waals surface area contributed by atoms with E-state index in [1.165, 1.54) is 0 Å². The van der Waals surface area contributed by atoms with Gasteiger partial charge in [0, 0.05) is 12.2 Å². The first-order valence-corrected chi connectivity index (χ1v) is 7.78. The van der Waals surface area contributed by atoms with Crippen molar-refractivity contribution in [3.63, 3.8) is 0 Å². The van der Waals surface area contributed by atoms with Gasteiger partial charge in [0.25, 0.3) is 5.91 Å². The second-order valence-electron chi connectivity index (χ2n) is 7.17. The first-order chi connectivity index (χ1) is 9.75. The minimum absolute atomic E-state index is 0.0305. The standard InChI is InChI=1S/C16H27N3O2/c1-11(2)14-9-13(17-19(14)16(3,4)5)15(21)18-8-6-7-12(18)10-20/h9,11-12,20H,6-8,10H2,1-5H3/t12-/m1/s1. The molecule has 2 heterocycles. The molecule has 0 spiro atoms. The van der Waals surface area contributed by atoms with Gasteiger partial charge in [-0.15, -0.1) is 0 Å². The Morgan fingerprint density at radius 3 is 2.62 bits per heavy atom. The Morgan fingerprint density at radius 1 is 1.48 bits per heavy atom. The molecule has 1 N–H and O–H groups in total. The molecule has 1 aromatic heterocycles. The molecule has 1 saturated heterocycles. The lowest BCUT2D eigenvalue weighted by Crippen LogP contribution is -2.38. The van der Waals surface area contributed by atoms with Crippen molar-refractivity contribution in [1.82, 2.24) is 14.7 Å². The van der Waals surface area contributed by atoms with Gasteiger partial charge >= 0.3 is 0 Å². The van der Waals surface area contributed by atoms with E-state index in [0.29, 0.717) is 18.2 Å². The summed E-state index contributed by atoms with van der Waals surface area (Å²) in [6, 6.07) is 1.85. The molecular formula is C16H27N3O2. The van der Waals surface area contributed by atoms with Gasteiger partial charge in [0.2, 0.25) is 0 Å². The van der Waals surface area contributed by atoms with E-state index in [0.717, 1.165) is 18.5 Å². The van der Waals surface area contributed by atoms with Gasteiger partial charge in [-0.2, -0.15) is 5.10 Å². The topological polar surface area (TPSA) is 58.4 Å².